The minimum atomic E-state index is -0.375. The van der Waals surface area contributed by atoms with Gasteiger partial charge in [-0.3, -0.25) is 0 Å². The molecule has 0 rings (SSSR count). The van der Waals surface area contributed by atoms with Crippen LogP contribution < -0.4 is 0 Å². The summed E-state index contributed by atoms with van der Waals surface area (Å²) in [5, 5.41) is 0. The van der Waals surface area contributed by atoms with Gasteiger partial charge in [-0.05, 0) is 35.9 Å². The molecule has 0 aromatic heterocycles. The zero-order valence-electron chi connectivity index (χ0n) is 4.86. The molecule has 3 heteroatoms. The monoisotopic (exact) mass is 242 g/mol. The molecule has 0 aromatic carbocycles. The first-order valence-corrected chi connectivity index (χ1v) is 6.16. The highest BCUT2D eigenvalue weighted by atomic mass is 127. The topological polar surface area (TPSA) is 9.23 Å². The number of rotatable bonds is 2. The van der Waals surface area contributed by atoms with E-state index in [1.165, 1.54) is 0 Å². The highest BCUT2D eigenvalue weighted by molar-refractivity contribution is 14.2. The fourth-order valence-corrected chi connectivity index (χ4v) is 2.03. The molecular weight excluding hydrogens is 234 g/mol. The van der Waals surface area contributed by atoms with E-state index in [1.807, 2.05) is 13.8 Å². The summed E-state index contributed by atoms with van der Waals surface area (Å²) in [6.07, 6.45) is 5.12. The Labute approximate surface area is 64.9 Å². The maximum Gasteiger partial charge on any atom is 0.127 e. The van der Waals surface area contributed by atoms with Crippen LogP contribution in [0.15, 0.2) is 0 Å². The first-order valence-electron chi connectivity index (χ1n) is 2.14. The zero-order valence-corrected chi connectivity index (χ0v) is 8.02. The highest BCUT2D eigenvalue weighted by Crippen LogP contribution is 2.28. The lowest BCUT2D eigenvalue weighted by Gasteiger charge is -2.14. The molecule has 0 aromatic rings. The Morgan fingerprint density at radius 3 is 2.38 bits per heavy atom. The van der Waals surface area contributed by atoms with Gasteiger partial charge in [0.05, 0.1) is 6.45 Å². The van der Waals surface area contributed by atoms with Crippen LogP contribution in [-0.4, -0.2) is 5.60 Å². The van der Waals surface area contributed by atoms with E-state index in [0.717, 1.165) is 0 Å². The molecular formula is C5H8IOP. The molecule has 1 atom stereocenters. The SMILES string of the molecule is C#CC(C)(C)OPI. The van der Waals surface area contributed by atoms with E-state index >= 15 is 0 Å². The summed E-state index contributed by atoms with van der Waals surface area (Å²) in [7, 11) is 0. The van der Waals surface area contributed by atoms with Crippen molar-refractivity contribution in [3.05, 3.63) is 0 Å². The molecule has 1 unspecified atom stereocenters. The van der Waals surface area contributed by atoms with Gasteiger partial charge in [-0.1, -0.05) is 5.92 Å². The normalized spacial score (nSPS) is 12.2. The molecule has 8 heavy (non-hydrogen) atoms. The molecule has 0 N–H and O–H groups in total. The lowest BCUT2D eigenvalue weighted by atomic mass is 10.2. The van der Waals surface area contributed by atoms with Gasteiger partial charge in [0.15, 0.2) is 0 Å². The second kappa shape index (κ2) is 3.66. The van der Waals surface area contributed by atoms with Crippen molar-refractivity contribution in [1.29, 1.82) is 0 Å². The molecule has 0 spiro atoms. The fourth-order valence-electron chi connectivity index (χ4n) is 0.126. The van der Waals surface area contributed by atoms with Crippen molar-refractivity contribution < 1.29 is 4.52 Å². The Bertz CT molecular complexity index is 105. The van der Waals surface area contributed by atoms with Crippen molar-refractivity contribution in [3.63, 3.8) is 0 Å². The Balaban J connectivity index is 3.59. The molecule has 0 heterocycles. The van der Waals surface area contributed by atoms with Gasteiger partial charge in [-0.25, -0.2) is 0 Å². The Morgan fingerprint density at radius 2 is 2.25 bits per heavy atom. The van der Waals surface area contributed by atoms with E-state index < -0.39 is 0 Å². The Morgan fingerprint density at radius 1 is 1.75 bits per heavy atom. The molecule has 0 saturated heterocycles. The van der Waals surface area contributed by atoms with Crippen LogP contribution in [0.5, 0.6) is 0 Å². The molecule has 46 valence electrons. The van der Waals surface area contributed by atoms with Crippen molar-refractivity contribution in [2.75, 3.05) is 0 Å². The summed E-state index contributed by atoms with van der Waals surface area (Å²) in [6, 6.07) is 0. The number of halogens is 1. The van der Waals surface area contributed by atoms with Gasteiger partial charge >= 0.3 is 0 Å². The van der Waals surface area contributed by atoms with E-state index in [1.54, 1.807) is 0 Å². The van der Waals surface area contributed by atoms with E-state index in [-0.39, 0.29) is 5.60 Å². The summed E-state index contributed by atoms with van der Waals surface area (Å²) < 4.78 is 5.16. The molecule has 0 aliphatic rings. The van der Waals surface area contributed by atoms with E-state index in [4.69, 9.17) is 10.9 Å². The van der Waals surface area contributed by atoms with Gasteiger partial charge < -0.3 is 4.52 Å². The van der Waals surface area contributed by atoms with Crippen molar-refractivity contribution >= 4 is 28.5 Å². The summed E-state index contributed by atoms with van der Waals surface area (Å²) in [6.45, 7) is 4.19. The lowest BCUT2D eigenvalue weighted by molar-refractivity contribution is 0.208. The third kappa shape index (κ3) is 3.65. The average Bonchev–Trinajstić information content (AvgIpc) is 1.67. The zero-order chi connectivity index (χ0) is 6.62. The number of terminal acetylenes is 1. The lowest BCUT2D eigenvalue weighted by Crippen LogP contribution is -2.16. The van der Waals surface area contributed by atoms with Gasteiger partial charge in [0.25, 0.3) is 0 Å². The first kappa shape index (κ1) is 8.68. The minimum absolute atomic E-state index is 0.375. The Hall–Kier alpha value is 0.680. The van der Waals surface area contributed by atoms with Gasteiger partial charge in [-0.2, -0.15) is 0 Å². The third-order valence-electron chi connectivity index (χ3n) is 0.641. The van der Waals surface area contributed by atoms with Crippen molar-refractivity contribution in [1.82, 2.24) is 0 Å². The van der Waals surface area contributed by atoms with E-state index in [9.17, 15) is 0 Å². The van der Waals surface area contributed by atoms with E-state index in [2.05, 4.69) is 28.0 Å². The Kier molecular flexibility index (Phi) is 3.97. The van der Waals surface area contributed by atoms with Crippen molar-refractivity contribution in [2.45, 2.75) is 19.4 Å². The maximum absolute atomic E-state index is 5.16. The van der Waals surface area contributed by atoms with Gasteiger partial charge in [0, 0.05) is 0 Å². The molecule has 0 amide bonds. The summed E-state index contributed by atoms with van der Waals surface area (Å²) in [5.41, 5.74) is -0.375. The largest absolute Gasteiger partial charge is 0.333 e. The van der Waals surface area contributed by atoms with Crippen LogP contribution in [0.4, 0.5) is 0 Å². The van der Waals surface area contributed by atoms with Crippen LogP contribution in [0.3, 0.4) is 0 Å². The first-order chi connectivity index (χ1) is 3.62. The third-order valence-corrected chi connectivity index (χ3v) is 1.89. The van der Waals surface area contributed by atoms with Gasteiger partial charge in [-0.15, -0.1) is 6.42 Å². The predicted octanol–water partition coefficient (Wildman–Crippen LogP) is 2.36. The van der Waals surface area contributed by atoms with Crippen LogP contribution in [0.25, 0.3) is 0 Å². The highest BCUT2D eigenvalue weighted by Gasteiger charge is 2.11. The summed E-state index contributed by atoms with van der Waals surface area (Å²) in [5.74, 6) is 2.52. The van der Waals surface area contributed by atoms with Crippen molar-refractivity contribution in [2.24, 2.45) is 0 Å². The van der Waals surface area contributed by atoms with Crippen LogP contribution in [0, 0.1) is 12.3 Å². The van der Waals surface area contributed by atoms with Crippen molar-refractivity contribution in [3.8, 4) is 12.3 Å². The minimum Gasteiger partial charge on any atom is -0.333 e. The van der Waals surface area contributed by atoms with Crippen LogP contribution >= 0.6 is 28.5 Å². The molecule has 0 saturated carbocycles. The molecule has 1 nitrogen and oxygen atoms in total. The predicted molar refractivity (Wildman–Crippen MR) is 46.3 cm³/mol. The second-order valence-corrected chi connectivity index (χ2v) is 3.51. The summed E-state index contributed by atoms with van der Waals surface area (Å²) >= 11 is 2.15. The molecule has 0 bridgehead atoms. The smallest absolute Gasteiger partial charge is 0.127 e. The van der Waals surface area contributed by atoms with E-state index in [0.29, 0.717) is 6.45 Å². The second-order valence-electron chi connectivity index (χ2n) is 1.83. The van der Waals surface area contributed by atoms with Crippen LogP contribution in [0.1, 0.15) is 13.8 Å². The fraction of sp³-hybridized carbons (Fsp3) is 0.600. The summed E-state index contributed by atoms with van der Waals surface area (Å²) in [4.78, 5) is 0. The maximum atomic E-state index is 5.16. The van der Waals surface area contributed by atoms with Gasteiger partial charge in [0.2, 0.25) is 0 Å². The molecule has 0 aliphatic heterocycles. The molecule has 0 aliphatic carbocycles. The van der Waals surface area contributed by atoms with Gasteiger partial charge in [0.1, 0.15) is 5.60 Å². The van der Waals surface area contributed by atoms with Crippen LogP contribution in [0.2, 0.25) is 0 Å². The molecule has 0 radical (unpaired) electrons. The molecule has 0 fully saturated rings. The quantitative estimate of drug-likeness (QED) is 0.410. The average molecular weight is 242 g/mol. The number of hydrogen-bond acceptors (Lipinski definition) is 1. The number of hydrogen-bond donors (Lipinski definition) is 0. The van der Waals surface area contributed by atoms with Crippen LogP contribution in [-0.2, 0) is 4.52 Å². The standard InChI is InChI=1S/C5H8IOP/c1-4-5(2,3)7-8-6/h1,8H,2-3H3.